The minimum atomic E-state index is -4.44. The zero-order valence-electron chi connectivity index (χ0n) is 26.1. The number of halogens is 3. The van der Waals surface area contributed by atoms with E-state index in [1.807, 2.05) is 11.0 Å². The SMILES string of the molecule is COc1cc(C(N)=O)ccc1NCC#Cc1cc2c(NC3CCN(CC(=O)N4CCN(C)CC4)CC3)cccc2n1CC(F)(F)F. The third-order valence-corrected chi connectivity index (χ3v) is 8.51. The molecular weight excluding hydrogens is 599 g/mol. The van der Waals surface area contributed by atoms with Crippen molar-refractivity contribution in [1.82, 2.24) is 19.3 Å². The molecule has 46 heavy (non-hydrogen) atoms. The quantitative estimate of drug-likeness (QED) is 0.308. The summed E-state index contributed by atoms with van der Waals surface area (Å²) in [5, 5.41) is 7.30. The molecule has 3 aromatic rings. The molecule has 1 aromatic heterocycles. The Hall–Kier alpha value is -4.41. The maximum absolute atomic E-state index is 13.7. The van der Waals surface area contributed by atoms with Gasteiger partial charge in [-0.25, -0.2) is 0 Å². The minimum Gasteiger partial charge on any atom is -0.495 e. The zero-order chi connectivity index (χ0) is 32.8. The first-order valence-corrected chi connectivity index (χ1v) is 15.4. The number of piperidine rings is 1. The Morgan fingerprint density at radius 1 is 1.02 bits per heavy atom. The van der Waals surface area contributed by atoms with E-state index in [9.17, 15) is 22.8 Å². The highest BCUT2D eigenvalue weighted by Crippen LogP contribution is 2.31. The third-order valence-electron chi connectivity index (χ3n) is 8.51. The number of primary amides is 1. The second-order valence-corrected chi connectivity index (χ2v) is 11.8. The van der Waals surface area contributed by atoms with Crippen LogP contribution in [0.2, 0.25) is 0 Å². The van der Waals surface area contributed by atoms with Crippen molar-refractivity contribution in [3.8, 4) is 17.6 Å². The second kappa shape index (κ2) is 14.3. The first-order valence-electron chi connectivity index (χ1n) is 15.4. The summed E-state index contributed by atoms with van der Waals surface area (Å²) >= 11 is 0. The molecule has 2 aliphatic heterocycles. The van der Waals surface area contributed by atoms with Crippen molar-refractivity contribution >= 4 is 34.1 Å². The van der Waals surface area contributed by atoms with Gasteiger partial charge in [-0.05, 0) is 62.2 Å². The molecule has 10 nitrogen and oxygen atoms in total. The summed E-state index contributed by atoms with van der Waals surface area (Å²) in [7, 11) is 3.52. The minimum absolute atomic E-state index is 0.126. The molecule has 13 heteroatoms. The van der Waals surface area contributed by atoms with Gasteiger partial charge in [0, 0.05) is 61.9 Å². The van der Waals surface area contributed by atoms with Crippen LogP contribution in [0.5, 0.6) is 5.75 Å². The van der Waals surface area contributed by atoms with Gasteiger partial charge in [0.05, 0.1) is 37.1 Å². The fraction of sp³-hybridized carbons (Fsp3) is 0.455. The molecule has 2 saturated heterocycles. The van der Waals surface area contributed by atoms with Crippen molar-refractivity contribution in [2.75, 3.05) is 77.1 Å². The molecule has 2 fully saturated rings. The predicted molar refractivity (Wildman–Crippen MR) is 172 cm³/mol. The van der Waals surface area contributed by atoms with Crippen LogP contribution in [0.3, 0.4) is 0 Å². The van der Waals surface area contributed by atoms with Gasteiger partial charge in [0.25, 0.3) is 0 Å². The summed E-state index contributed by atoms with van der Waals surface area (Å²) < 4.78 is 47.5. The van der Waals surface area contributed by atoms with Crippen LogP contribution < -0.4 is 21.1 Å². The van der Waals surface area contributed by atoms with E-state index in [1.54, 1.807) is 30.3 Å². The number of carbonyl (C=O) groups excluding carboxylic acids is 2. The van der Waals surface area contributed by atoms with Crippen molar-refractivity contribution in [2.24, 2.45) is 5.73 Å². The molecule has 246 valence electrons. The molecule has 0 aliphatic carbocycles. The lowest BCUT2D eigenvalue weighted by atomic mass is 10.0. The van der Waals surface area contributed by atoms with Crippen LogP contribution in [0.25, 0.3) is 10.9 Å². The molecule has 2 aliphatic rings. The van der Waals surface area contributed by atoms with Gasteiger partial charge in [0.2, 0.25) is 11.8 Å². The Morgan fingerprint density at radius 3 is 2.43 bits per heavy atom. The lowest BCUT2D eigenvalue weighted by Crippen LogP contribution is -2.51. The first kappa shape index (κ1) is 33.0. The number of alkyl halides is 3. The summed E-state index contributed by atoms with van der Waals surface area (Å²) in [6.07, 6.45) is -2.80. The normalized spacial score (nSPS) is 16.6. The maximum Gasteiger partial charge on any atom is 0.406 e. The Morgan fingerprint density at radius 2 is 1.76 bits per heavy atom. The number of carbonyl (C=O) groups is 2. The Labute approximate surface area is 266 Å². The van der Waals surface area contributed by atoms with Crippen LogP contribution in [0.4, 0.5) is 24.5 Å². The number of nitrogens with one attached hydrogen (secondary N) is 2. The van der Waals surface area contributed by atoms with E-state index in [1.165, 1.54) is 17.7 Å². The first-order chi connectivity index (χ1) is 22.0. The Bertz CT molecular complexity index is 1610. The van der Waals surface area contributed by atoms with Crippen molar-refractivity contribution in [3.05, 3.63) is 53.7 Å². The van der Waals surface area contributed by atoms with Gasteiger partial charge in [0.1, 0.15) is 12.3 Å². The standard InChI is InChI=1S/C33H40F3N7O3/c1-40-15-17-42(18-16-40)31(44)21-41-13-10-24(11-14-41)39-27-6-3-7-29-26(27)20-25(43(29)22-33(34,35)36)5-4-12-38-28-9-8-23(32(37)45)19-30(28)46-2/h3,6-9,19-20,24,38-39H,10-18,21-22H2,1-2H3,(H2,37,45). The molecule has 0 atom stereocenters. The summed E-state index contributed by atoms with van der Waals surface area (Å²) in [5.74, 6) is 5.80. The Balaban J connectivity index is 1.26. The van der Waals surface area contributed by atoms with Gasteiger partial charge in [-0.2, -0.15) is 13.2 Å². The summed E-state index contributed by atoms with van der Waals surface area (Å²) in [5.41, 5.74) is 7.64. The molecule has 0 spiro atoms. The highest BCUT2D eigenvalue weighted by molar-refractivity contribution is 5.94. The fourth-order valence-electron chi connectivity index (χ4n) is 5.93. The number of methoxy groups -OCH3 is 1. The van der Waals surface area contributed by atoms with Crippen LogP contribution in [0, 0.1) is 11.8 Å². The van der Waals surface area contributed by atoms with Gasteiger partial charge in [-0.3, -0.25) is 14.5 Å². The number of fused-ring (bicyclic) bond motifs is 1. The summed E-state index contributed by atoms with van der Waals surface area (Å²) in [4.78, 5) is 30.6. The molecule has 4 N–H and O–H groups in total. The number of amides is 2. The number of piperazine rings is 1. The van der Waals surface area contributed by atoms with E-state index in [0.29, 0.717) is 28.9 Å². The lowest BCUT2D eigenvalue weighted by Gasteiger charge is -2.36. The Kier molecular flexibility index (Phi) is 10.3. The highest BCUT2D eigenvalue weighted by atomic mass is 19.4. The number of likely N-dealkylation sites (N-methyl/N-ethyl adjacent to an activating group) is 1. The molecule has 0 bridgehead atoms. The third kappa shape index (κ3) is 8.24. The van der Waals surface area contributed by atoms with Crippen molar-refractivity contribution in [2.45, 2.75) is 31.6 Å². The van der Waals surface area contributed by atoms with Crippen molar-refractivity contribution < 1.29 is 27.5 Å². The summed E-state index contributed by atoms with van der Waals surface area (Å²) in [6.45, 7) is 4.20. The molecule has 2 amide bonds. The number of benzene rings is 2. The van der Waals surface area contributed by atoms with Crippen LogP contribution >= 0.6 is 0 Å². The van der Waals surface area contributed by atoms with E-state index in [-0.39, 0.29) is 29.8 Å². The largest absolute Gasteiger partial charge is 0.495 e. The van der Waals surface area contributed by atoms with E-state index in [2.05, 4.69) is 39.3 Å². The van der Waals surface area contributed by atoms with Gasteiger partial charge in [0.15, 0.2) is 0 Å². The van der Waals surface area contributed by atoms with E-state index < -0.39 is 18.6 Å². The number of rotatable bonds is 9. The second-order valence-electron chi connectivity index (χ2n) is 11.8. The van der Waals surface area contributed by atoms with Gasteiger partial charge >= 0.3 is 6.18 Å². The number of hydrogen-bond donors (Lipinski definition) is 3. The molecule has 0 unspecified atom stereocenters. The van der Waals surface area contributed by atoms with Crippen molar-refractivity contribution in [1.29, 1.82) is 0 Å². The molecule has 0 saturated carbocycles. The maximum atomic E-state index is 13.7. The van der Waals surface area contributed by atoms with Crippen LogP contribution in [-0.4, -0.2) is 110 Å². The van der Waals surface area contributed by atoms with Gasteiger partial charge in [-0.1, -0.05) is 12.0 Å². The van der Waals surface area contributed by atoms with E-state index >= 15 is 0 Å². The number of ether oxygens (including phenoxy) is 1. The smallest absolute Gasteiger partial charge is 0.406 e. The van der Waals surface area contributed by atoms with Crippen LogP contribution in [0.1, 0.15) is 28.9 Å². The van der Waals surface area contributed by atoms with Gasteiger partial charge in [-0.15, -0.1) is 0 Å². The van der Waals surface area contributed by atoms with Crippen molar-refractivity contribution in [3.63, 3.8) is 0 Å². The molecule has 2 aromatic carbocycles. The number of anilines is 2. The molecule has 0 radical (unpaired) electrons. The van der Waals surface area contributed by atoms with E-state index in [4.69, 9.17) is 10.5 Å². The number of likely N-dealkylation sites (tertiary alicyclic amines) is 1. The van der Waals surface area contributed by atoms with Crippen LogP contribution in [-0.2, 0) is 11.3 Å². The summed E-state index contributed by atoms with van der Waals surface area (Å²) in [6, 6.07) is 11.8. The number of nitrogens with two attached hydrogens (primary N) is 1. The monoisotopic (exact) mass is 639 g/mol. The zero-order valence-corrected chi connectivity index (χ0v) is 26.1. The molecule has 3 heterocycles. The molecular formula is C33H40F3N7O3. The van der Waals surface area contributed by atoms with Gasteiger partial charge < -0.3 is 35.5 Å². The number of nitrogens with zero attached hydrogens (tertiary/aromatic N) is 4. The number of hydrogen-bond acceptors (Lipinski definition) is 7. The predicted octanol–water partition coefficient (Wildman–Crippen LogP) is 3.43. The average molecular weight is 640 g/mol. The van der Waals surface area contributed by atoms with E-state index in [0.717, 1.165) is 57.8 Å². The molecule has 5 rings (SSSR count). The lowest BCUT2D eigenvalue weighted by molar-refractivity contribution is -0.140. The highest BCUT2D eigenvalue weighted by Gasteiger charge is 2.30. The van der Waals surface area contributed by atoms with Crippen LogP contribution in [0.15, 0.2) is 42.5 Å². The number of aromatic nitrogens is 1. The average Bonchev–Trinajstić information content (AvgIpc) is 3.37. The topological polar surface area (TPSA) is 108 Å². The fourth-order valence-corrected chi connectivity index (χ4v) is 5.93.